The van der Waals surface area contributed by atoms with Crippen LogP contribution in [0.1, 0.15) is 12.0 Å². The largest absolute Gasteiger partial charge is 0.481 e. The minimum absolute atomic E-state index is 0.251. The number of nitrogens with zero attached hydrogens (tertiary/aromatic N) is 1. The van der Waals surface area contributed by atoms with E-state index >= 15 is 0 Å². The zero-order chi connectivity index (χ0) is 14.0. The fourth-order valence-electron chi connectivity index (χ4n) is 2.08. The third-order valence-corrected chi connectivity index (χ3v) is 3.74. The number of carbonyl (C=O) groups is 2. The number of carboxylic acids is 1. The smallest absolute Gasteiger partial charge is 0.321 e. The Morgan fingerprint density at radius 2 is 2.21 bits per heavy atom. The number of hydrogen-bond acceptors (Lipinski definition) is 2. The first-order valence-electron chi connectivity index (χ1n) is 6.03. The van der Waals surface area contributed by atoms with Gasteiger partial charge in [-0.05, 0) is 31.0 Å². The Bertz CT molecular complexity index is 519. The number of halogens is 1. The molecule has 6 heteroatoms. The second kappa shape index (κ2) is 5.48. The summed E-state index contributed by atoms with van der Waals surface area (Å²) in [7, 11) is 0. The Balaban J connectivity index is 2.02. The van der Waals surface area contributed by atoms with E-state index in [1.807, 2.05) is 6.92 Å². The number of nitrogens with one attached hydrogen (secondary N) is 1. The van der Waals surface area contributed by atoms with Crippen molar-refractivity contribution in [3.63, 3.8) is 0 Å². The van der Waals surface area contributed by atoms with Crippen LogP contribution in [-0.4, -0.2) is 35.1 Å². The van der Waals surface area contributed by atoms with Crippen molar-refractivity contribution < 1.29 is 14.7 Å². The van der Waals surface area contributed by atoms with Crippen LogP contribution in [0.15, 0.2) is 18.2 Å². The number of anilines is 1. The third-order valence-electron chi connectivity index (χ3n) is 3.33. The maximum absolute atomic E-state index is 12.0. The van der Waals surface area contributed by atoms with Crippen LogP contribution in [0.25, 0.3) is 0 Å². The molecule has 2 rings (SSSR count). The molecule has 0 aromatic heterocycles. The minimum atomic E-state index is -0.853. The first kappa shape index (κ1) is 13.7. The second-order valence-electron chi connectivity index (χ2n) is 4.61. The van der Waals surface area contributed by atoms with E-state index in [1.54, 1.807) is 18.2 Å². The highest BCUT2D eigenvalue weighted by Crippen LogP contribution is 2.24. The molecule has 1 unspecified atom stereocenters. The number of rotatable bonds is 2. The van der Waals surface area contributed by atoms with Gasteiger partial charge in [0, 0.05) is 23.8 Å². The molecule has 1 saturated heterocycles. The Morgan fingerprint density at radius 1 is 1.47 bits per heavy atom. The van der Waals surface area contributed by atoms with Gasteiger partial charge in [0.2, 0.25) is 0 Å². The predicted molar refractivity (Wildman–Crippen MR) is 72.5 cm³/mol. The van der Waals surface area contributed by atoms with Crippen molar-refractivity contribution in [3.05, 3.63) is 28.8 Å². The molecule has 102 valence electrons. The van der Waals surface area contributed by atoms with Crippen molar-refractivity contribution in [1.82, 2.24) is 4.90 Å². The molecule has 2 N–H and O–H groups in total. The van der Waals surface area contributed by atoms with E-state index in [1.165, 1.54) is 4.90 Å². The maximum atomic E-state index is 12.0. The molecule has 1 heterocycles. The molecule has 19 heavy (non-hydrogen) atoms. The fraction of sp³-hybridized carbons (Fsp3) is 0.385. The van der Waals surface area contributed by atoms with Gasteiger partial charge < -0.3 is 15.3 Å². The van der Waals surface area contributed by atoms with Crippen LogP contribution in [0.3, 0.4) is 0 Å². The molecule has 5 nitrogen and oxygen atoms in total. The van der Waals surface area contributed by atoms with E-state index < -0.39 is 11.9 Å². The summed E-state index contributed by atoms with van der Waals surface area (Å²) in [6, 6.07) is 5.00. The summed E-state index contributed by atoms with van der Waals surface area (Å²) < 4.78 is 0. The highest BCUT2D eigenvalue weighted by molar-refractivity contribution is 6.31. The fourth-order valence-corrected chi connectivity index (χ4v) is 2.26. The molecule has 1 aliphatic heterocycles. The van der Waals surface area contributed by atoms with Crippen LogP contribution >= 0.6 is 11.6 Å². The zero-order valence-electron chi connectivity index (χ0n) is 10.5. The lowest BCUT2D eigenvalue weighted by atomic mass is 10.1. The lowest BCUT2D eigenvalue weighted by Crippen LogP contribution is -2.34. The lowest BCUT2D eigenvalue weighted by molar-refractivity contribution is -0.141. The monoisotopic (exact) mass is 282 g/mol. The SMILES string of the molecule is Cc1c(Cl)cccc1NC(=O)N1CCC(C(=O)O)C1. The summed E-state index contributed by atoms with van der Waals surface area (Å²) in [4.78, 5) is 24.4. The first-order chi connectivity index (χ1) is 8.99. The van der Waals surface area contributed by atoms with Crippen LogP contribution in [0, 0.1) is 12.8 Å². The summed E-state index contributed by atoms with van der Waals surface area (Å²) in [6.45, 7) is 2.53. The first-order valence-corrected chi connectivity index (χ1v) is 6.40. The number of carbonyl (C=O) groups excluding carboxylic acids is 1. The van der Waals surface area contributed by atoms with Crippen molar-refractivity contribution in [1.29, 1.82) is 0 Å². The van der Waals surface area contributed by atoms with E-state index in [9.17, 15) is 9.59 Å². The Labute approximate surface area is 116 Å². The molecule has 1 atom stereocenters. The van der Waals surface area contributed by atoms with Gasteiger partial charge in [-0.25, -0.2) is 4.79 Å². The summed E-state index contributed by atoms with van der Waals surface area (Å²) in [5, 5.41) is 12.3. The van der Waals surface area contributed by atoms with E-state index in [0.29, 0.717) is 23.7 Å². The quantitative estimate of drug-likeness (QED) is 0.876. The van der Waals surface area contributed by atoms with Crippen molar-refractivity contribution in [2.24, 2.45) is 5.92 Å². The van der Waals surface area contributed by atoms with Crippen LogP contribution < -0.4 is 5.32 Å². The van der Waals surface area contributed by atoms with Crippen LogP contribution in [0.5, 0.6) is 0 Å². The van der Waals surface area contributed by atoms with Crippen LogP contribution in [-0.2, 0) is 4.79 Å². The van der Waals surface area contributed by atoms with Gasteiger partial charge in [0.25, 0.3) is 0 Å². The summed E-state index contributed by atoms with van der Waals surface area (Å²) >= 11 is 5.98. The molecule has 0 aliphatic carbocycles. The molecule has 1 fully saturated rings. The third kappa shape index (κ3) is 2.98. The summed E-state index contributed by atoms with van der Waals surface area (Å²) in [6.07, 6.45) is 0.497. The summed E-state index contributed by atoms with van der Waals surface area (Å²) in [5.41, 5.74) is 1.45. The second-order valence-corrected chi connectivity index (χ2v) is 5.02. The van der Waals surface area contributed by atoms with Gasteiger partial charge >= 0.3 is 12.0 Å². The highest BCUT2D eigenvalue weighted by Gasteiger charge is 2.30. The molecule has 1 aromatic carbocycles. The molecule has 1 aromatic rings. The minimum Gasteiger partial charge on any atom is -0.481 e. The number of amides is 2. The molecular weight excluding hydrogens is 268 g/mol. The van der Waals surface area contributed by atoms with Gasteiger partial charge in [0.05, 0.1) is 5.92 Å². The Hall–Kier alpha value is -1.75. The van der Waals surface area contributed by atoms with Crippen molar-refractivity contribution >= 4 is 29.3 Å². The Kier molecular flexibility index (Phi) is 3.95. The van der Waals surface area contributed by atoms with Crippen molar-refractivity contribution in [2.45, 2.75) is 13.3 Å². The molecule has 0 saturated carbocycles. The molecule has 0 radical (unpaired) electrons. The van der Waals surface area contributed by atoms with E-state index in [0.717, 1.165) is 5.56 Å². The maximum Gasteiger partial charge on any atom is 0.321 e. The van der Waals surface area contributed by atoms with Gasteiger partial charge in [-0.1, -0.05) is 17.7 Å². The molecular formula is C13H15ClN2O3. The van der Waals surface area contributed by atoms with E-state index in [2.05, 4.69) is 5.32 Å². The number of carboxylic acid groups (broad SMARTS) is 1. The molecule has 2 amide bonds. The molecule has 1 aliphatic rings. The Morgan fingerprint density at radius 3 is 2.84 bits per heavy atom. The van der Waals surface area contributed by atoms with Gasteiger partial charge in [0.1, 0.15) is 0 Å². The standard InChI is InChI=1S/C13H15ClN2O3/c1-8-10(14)3-2-4-11(8)15-13(19)16-6-5-9(7-16)12(17)18/h2-4,9H,5-7H2,1H3,(H,15,19)(H,17,18). The topological polar surface area (TPSA) is 69.6 Å². The number of benzene rings is 1. The highest BCUT2D eigenvalue weighted by atomic mass is 35.5. The number of urea groups is 1. The summed E-state index contributed by atoms with van der Waals surface area (Å²) in [5.74, 6) is -1.32. The molecule has 0 spiro atoms. The number of hydrogen-bond donors (Lipinski definition) is 2. The number of aliphatic carboxylic acids is 1. The van der Waals surface area contributed by atoms with Crippen LogP contribution in [0.2, 0.25) is 5.02 Å². The van der Waals surface area contributed by atoms with E-state index in [-0.39, 0.29) is 12.6 Å². The van der Waals surface area contributed by atoms with Gasteiger partial charge in [0.15, 0.2) is 0 Å². The zero-order valence-corrected chi connectivity index (χ0v) is 11.3. The average molecular weight is 283 g/mol. The molecule has 0 bridgehead atoms. The normalized spacial score (nSPS) is 18.4. The lowest BCUT2D eigenvalue weighted by Gasteiger charge is -2.18. The van der Waals surface area contributed by atoms with Crippen molar-refractivity contribution in [2.75, 3.05) is 18.4 Å². The number of likely N-dealkylation sites (tertiary alicyclic amines) is 1. The predicted octanol–water partition coefficient (Wildman–Crippen LogP) is 2.59. The average Bonchev–Trinajstić information content (AvgIpc) is 2.84. The van der Waals surface area contributed by atoms with Gasteiger partial charge in [-0.2, -0.15) is 0 Å². The van der Waals surface area contributed by atoms with Gasteiger partial charge in [-0.15, -0.1) is 0 Å². The van der Waals surface area contributed by atoms with Crippen molar-refractivity contribution in [3.8, 4) is 0 Å². The van der Waals surface area contributed by atoms with E-state index in [4.69, 9.17) is 16.7 Å². The van der Waals surface area contributed by atoms with Crippen LogP contribution in [0.4, 0.5) is 10.5 Å². The van der Waals surface area contributed by atoms with Gasteiger partial charge in [-0.3, -0.25) is 4.79 Å².